The van der Waals surface area contributed by atoms with E-state index in [1.165, 1.54) is 0 Å². The van der Waals surface area contributed by atoms with E-state index in [4.69, 9.17) is 13.9 Å². The smallest absolute Gasteiger partial charge is 0.257 e. The predicted molar refractivity (Wildman–Crippen MR) is 111 cm³/mol. The van der Waals surface area contributed by atoms with Crippen molar-refractivity contribution in [3.8, 4) is 11.5 Å². The van der Waals surface area contributed by atoms with Gasteiger partial charge in [-0.15, -0.1) is 0 Å². The average Bonchev–Trinajstić information content (AvgIpc) is 3.38. The van der Waals surface area contributed by atoms with Gasteiger partial charge in [-0.2, -0.15) is 0 Å². The molecule has 1 unspecified atom stereocenters. The number of aryl methyl sites for hydroxylation is 1. The van der Waals surface area contributed by atoms with E-state index in [-0.39, 0.29) is 12.0 Å². The zero-order valence-corrected chi connectivity index (χ0v) is 17.2. The number of nitrogens with one attached hydrogen (secondary N) is 1. The summed E-state index contributed by atoms with van der Waals surface area (Å²) in [6.07, 6.45) is 2.63. The molecular formula is C23H26N2O4. The first-order valence-electron chi connectivity index (χ1n) is 9.93. The summed E-state index contributed by atoms with van der Waals surface area (Å²) in [7, 11) is 0. The van der Waals surface area contributed by atoms with E-state index in [9.17, 15) is 4.79 Å². The number of hydrogen-bond donors (Lipinski definition) is 1. The molecule has 1 aromatic carbocycles. The topological polar surface area (TPSA) is 65.6 Å². The molecule has 1 amide bonds. The van der Waals surface area contributed by atoms with Crippen molar-refractivity contribution in [3.05, 3.63) is 64.9 Å². The third-order valence-electron chi connectivity index (χ3n) is 5.26. The highest BCUT2D eigenvalue weighted by Gasteiger charge is 2.24. The van der Waals surface area contributed by atoms with Gasteiger partial charge in [0.05, 0.1) is 30.7 Å². The molecule has 29 heavy (non-hydrogen) atoms. The summed E-state index contributed by atoms with van der Waals surface area (Å²) in [4.78, 5) is 13.1. The Labute approximate surface area is 170 Å². The van der Waals surface area contributed by atoms with Gasteiger partial charge in [-0.05, 0) is 52.0 Å². The van der Waals surface area contributed by atoms with Gasteiger partial charge in [0.15, 0.2) is 0 Å². The van der Waals surface area contributed by atoms with Gasteiger partial charge >= 0.3 is 0 Å². The van der Waals surface area contributed by atoms with Crippen molar-refractivity contribution in [3.63, 3.8) is 0 Å². The summed E-state index contributed by atoms with van der Waals surface area (Å²) >= 11 is 0. The fourth-order valence-electron chi connectivity index (χ4n) is 3.83. The fourth-order valence-corrected chi connectivity index (χ4v) is 3.83. The van der Waals surface area contributed by atoms with E-state index in [1.54, 1.807) is 6.26 Å². The molecule has 6 heteroatoms. The molecule has 2 aromatic heterocycles. The van der Waals surface area contributed by atoms with Crippen molar-refractivity contribution in [1.82, 2.24) is 4.57 Å². The zero-order chi connectivity index (χ0) is 20.5. The number of carbonyl (C=O) groups excluding carboxylic acids is 1. The molecule has 1 atom stereocenters. The molecule has 0 spiro atoms. The van der Waals surface area contributed by atoms with Gasteiger partial charge in [0, 0.05) is 29.4 Å². The zero-order valence-electron chi connectivity index (χ0n) is 17.2. The van der Waals surface area contributed by atoms with Gasteiger partial charge in [0.2, 0.25) is 0 Å². The average molecular weight is 394 g/mol. The second-order valence-electron chi connectivity index (χ2n) is 7.43. The number of ether oxygens (including phenoxy) is 2. The van der Waals surface area contributed by atoms with Crippen LogP contribution in [-0.4, -0.2) is 23.2 Å². The number of nitrogens with zero attached hydrogens (tertiary/aromatic N) is 1. The third-order valence-corrected chi connectivity index (χ3v) is 5.26. The number of carbonyl (C=O) groups is 1. The van der Waals surface area contributed by atoms with Crippen LogP contribution in [0.3, 0.4) is 0 Å². The van der Waals surface area contributed by atoms with Crippen LogP contribution in [0.1, 0.15) is 46.9 Å². The molecule has 0 saturated carbocycles. The van der Waals surface area contributed by atoms with Crippen LogP contribution < -0.4 is 14.8 Å². The van der Waals surface area contributed by atoms with Crippen LogP contribution in [0.15, 0.2) is 41.0 Å². The van der Waals surface area contributed by atoms with Crippen LogP contribution in [0.25, 0.3) is 0 Å². The highest BCUT2D eigenvalue weighted by Crippen LogP contribution is 2.38. The van der Waals surface area contributed by atoms with E-state index in [2.05, 4.69) is 9.88 Å². The lowest BCUT2D eigenvalue weighted by Crippen LogP contribution is -2.14. The van der Waals surface area contributed by atoms with Gasteiger partial charge in [-0.25, -0.2) is 0 Å². The minimum atomic E-state index is -0.171. The van der Waals surface area contributed by atoms with Crippen molar-refractivity contribution >= 4 is 11.6 Å². The van der Waals surface area contributed by atoms with Crippen molar-refractivity contribution in [2.45, 2.75) is 46.8 Å². The third kappa shape index (κ3) is 3.75. The van der Waals surface area contributed by atoms with Crippen LogP contribution in [0.4, 0.5) is 5.69 Å². The largest absolute Gasteiger partial charge is 0.492 e. The van der Waals surface area contributed by atoms with E-state index < -0.39 is 0 Å². The molecule has 1 aliphatic heterocycles. The summed E-state index contributed by atoms with van der Waals surface area (Å²) in [5.74, 6) is 2.15. The maximum absolute atomic E-state index is 13.1. The van der Waals surface area contributed by atoms with Crippen molar-refractivity contribution in [1.29, 1.82) is 0 Å². The number of amides is 1. The Bertz CT molecular complexity index is 1030. The van der Waals surface area contributed by atoms with Gasteiger partial charge in [-0.1, -0.05) is 0 Å². The molecule has 1 N–H and O–H groups in total. The van der Waals surface area contributed by atoms with Crippen LogP contribution in [0.5, 0.6) is 11.5 Å². The van der Waals surface area contributed by atoms with Gasteiger partial charge in [-0.3, -0.25) is 4.79 Å². The van der Waals surface area contributed by atoms with Crippen LogP contribution in [0.2, 0.25) is 0 Å². The minimum Gasteiger partial charge on any atom is -0.492 e. The minimum absolute atomic E-state index is 0.131. The number of benzene rings is 1. The van der Waals surface area contributed by atoms with Gasteiger partial charge in [0.25, 0.3) is 5.91 Å². The fraction of sp³-hybridized carbons (Fsp3) is 0.348. The van der Waals surface area contributed by atoms with Crippen LogP contribution >= 0.6 is 0 Å². The lowest BCUT2D eigenvalue weighted by molar-refractivity contribution is 0.102. The summed E-state index contributed by atoms with van der Waals surface area (Å²) in [5, 5.41) is 3.02. The maximum Gasteiger partial charge on any atom is 0.257 e. The van der Waals surface area contributed by atoms with Crippen molar-refractivity contribution in [2.24, 2.45) is 0 Å². The molecule has 3 heterocycles. The number of anilines is 1. The molecule has 6 nitrogen and oxygen atoms in total. The van der Waals surface area contributed by atoms with Crippen LogP contribution in [0, 0.1) is 13.8 Å². The first kappa shape index (κ1) is 19.2. The quantitative estimate of drug-likeness (QED) is 0.657. The monoisotopic (exact) mass is 394 g/mol. The van der Waals surface area contributed by atoms with E-state index in [0.29, 0.717) is 30.2 Å². The first-order chi connectivity index (χ1) is 14.0. The second-order valence-corrected chi connectivity index (χ2v) is 7.43. The first-order valence-corrected chi connectivity index (χ1v) is 9.93. The number of furan rings is 1. The SMILES string of the molecule is CCOc1cc2c(cc1NC(=O)c1cc(C)n(Cc3ccco3)c1C)OC(C)C2. The molecule has 0 fully saturated rings. The molecule has 0 aliphatic carbocycles. The predicted octanol–water partition coefficient (Wildman–Crippen LogP) is 4.72. The Morgan fingerprint density at radius 3 is 2.86 bits per heavy atom. The summed E-state index contributed by atoms with van der Waals surface area (Å²) in [6, 6.07) is 9.53. The number of fused-ring (bicyclic) bond motifs is 1. The highest BCUT2D eigenvalue weighted by molar-refractivity contribution is 6.06. The molecular weight excluding hydrogens is 368 g/mol. The van der Waals surface area contributed by atoms with E-state index in [1.807, 2.05) is 58.0 Å². The van der Waals surface area contributed by atoms with Gasteiger partial charge in [0.1, 0.15) is 23.4 Å². The molecule has 152 valence electrons. The van der Waals surface area contributed by atoms with Crippen molar-refractivity contribution in [2.75, 3.05) is 11.9 Å². The van der Waals surface area contributed by atoms with Gasteiger partial charge < -0.3 is 23.8 Å². The van der Waals surface area contributed by atoms with E-state index in [0.717, 1.165) is 34.9 Å². The standard InChI is InChI=1S/C23H26N2O4/c1-5-27-22-11-17-10-15(3)29-21(17)12-20(22)24-23(26)19-9-14(2)25(16(19)4)13-18-7-6-8-28-18/h6-9,11-12,15H,5,10,13H2,1-4H3,(H,24,26). The van der Waals surface area contributed by atoms with Crippen molar-refractivity contribution < 1.29 is 18.7 Å². The maximum atomic E-state index is 13.1. The molecule has 1 aliphatic rings. The summed E-state index contributed by atoms with van der Waals surface area (Å²) in [5.41, 5.74) is 4.25. The van der Waals surface area contributed by atoms with Crippen LogP contribution in [-0.2, 0) is 13.0 Å². The molecule has 0 saturated heterocycles. The second kappa shape index (κ2) is 7.70. The summed E-state index contributed by atoms with van der Waals surface area (Å²) < 4.78 is 19.2. The molecule has 4 rings (SSSR count). The Kier molecular flexibility index (Phi) is 5.09. The Morgan fingerprint density at radius 2 is 2.14 bits per heavy atom. The van der Waals surface area contributed by atoms with E-state index >= 15 is 0 Å². The number of hydrogen-bond acceptors (Lipinski definition) is 4. The summed E-state index contributed by atoms with van der Waals surface area (Å²) in [6.45, 7) is 9.01. The number of rotatable bonds is 6. The Balaban J connectivity index is 1.61. The normalized spacial score (nSPS) is 15.1. The Hall–Kier alpha value is -3.15. The molecule has 3 aromatic rings. The molecule has 0 bridgehead atoms. The Morgan fingerprint density at radius 1 is 1.31 bits per heavy atom. The highest BCUT2D eigenvalue weighted by atomic mass is 16.5. The lowest BCUT2D eigenvalue weighted by Gasteiger charge is -2.14. The number of aromatic nitrogens is 1. The molecule has 0 radical (unpaired) electrons. The lowest BCUT2D eigenvalue weighted by atomic mass is 10.1.